The van der Waals surface area contributed by atoms with Crippen LogP contribution >= 0.6 is 23.8 Å². The normalized spacial score (nSPS) is 17.5. The molecule has 1 saturated heterocycles. The van der Waals surface area contributed by atoms with Crippen molar-refractivity contribution in [2.45, 2.75) is 46.3 Å². The van der Waals surface area contributed by atoms with Gasteiger partial charge in [-0.1, -0.05) is 31.5 Å². The van der Waals surface area contributed by atoms with E-state index in [-0.39, 0.29) is 23.9 Å². The van der Waals surface area contributed by atoms with Crippen LogP contribution in [0.25, 0.3) is 0 Å². The lowest BCUT2D eigenvalue weighted by molar-refractivity contribution is -0.118. The highest BCUT2D eigenvalue weighted by atomic mass is 35.5. The number of aryl methyl sites for hydroxylation is 1. The lowest BCUT2D eigenvalue weighted by Crippen LogP contribution is -2.29. The molecule has 7 nitrogen and oxygen atoms in total. The number of carbonyl (C=O) groups is 1. The third-order valence-corrected chi connectivity index (χ3v) is 7.19. The van der Waals surface area contributed by atoms with E-state index in [1.54, 1.807) is 13.3 Å². The molecule has 0 bridgehead atoms. The number of benzene rings is 1. The summed E-state index contributed by atoms with van der Waals surface area (Å²) in [5.74, 6) is -0.229. The van der Waals surface area contributed by atoms with Crippen LogP contribution in [0.1, 0.15) is 48.6 Å². The Hall–Kier alpha value is -2.94. The fraction of sp³-hybridized carbons (Fsp3) is 0.370. The highest BCUT2D eigenvalue weighted by Gasteiger charge is 2.42. The van der Waals surface area contributed by atoms with E-state index in [1.165, 1.54) is 0 Å². The van der Waals surface area contributed by atoms with E-state index in [1.807, 2.05) is 50.2 Å². The van der Waals surface area contributed by atoms with Crippen molar-refractivity contribution in [2.24, 2.45) is 5.92 Å². The SMILES string of the molecule is COCCn1c(C)cc([C@H]2[C@H](c3ccccn3)NC(=S)N2c2ccc(NC(=O)C(C)C)c(Cl)c2)c1C. The van der Waals surface area contributed by atoms with E-state index in [2.05, 4.69) is 45.0 Å². The smallest absolute Gasteiger partial charge is 0.226 e. The molecule has 3 aromatic rings. The summed E-state index contributed by atoms with van der Waals surface area (Å²) in [6.45, 7) is 9.32. The van der Waals surface area contributed by atoms with Crippen LogP contribution in [0.5, 0.6) is 0 Å². The Bertz CT molecular complexity index is 1260. The van der Waals surface area contributed by atoms with Crippen LogP contribution in [0.15, 0.2) is 48.7 Å². The number of thiocarbonyl (C=S) groups is 1. The average molecular weight is 526 g/mol. The number of nitrogens with zero attached hydrogens (tertiary/aromatic N) is 3. The maximum Gasteiger partial charge on any atom is 0.226 e. The third-order valence-electron chi connectivity index (χ3n) is 6.56. The van der Waals surface area contributed by atoms with Gasteiger partial charge in [0.1, 0.15) is 0 Å². The lowest BCUT2D eigenvalue weighted by atomic mass is 9.96. The summed E-state index contributed by atoms with van der Waals surface area (Å²) in [5, 5.41) is 7.43. The van der Waals surface area contributed by atoms with E-state index < -0.39 is 0 Å². The van der Waals surface area contributed by atoms with Crippen LogP contribution in [0.4, 0.5) is 11.4 Å². The van der Waals surface area contributed by atoms with Crippen LogP contribution < -0.4 is 15.5 Å². The molecule has 3 heterocycles. The van der Waals surface area contributed by atoms with Gasteiger partial charge in [-0.3, -0.25) is 9.78 Å². The van der Waals surface area contributed by atoms with Gasteiger partial charge in [-0.05, 0) is 68.0 Å². The van der Waals surface area contributed by atoms with Gasteiger partial charge in [0.25, 0.3) is 0 Å². The van der Waals surface area contributed by atoms with Crippen molar-refractivity contribution in [1.82, 2.24) is 14.9 Å². The van der Waals surface area contributed by atoms with Crippen LogP contribution in [-0.2, 0) is 16.1 Å². The zero-order chi connectivity index (χ0) is 26.0. The number of pyridine rings is 1. The van der Waals surface area contributed by atoms with Crippen molar-refractivity contribution >= 4 is 46.2 Å². The van der Waals surface area contributed by atoms with Gasteiger partial charge in [-0.25, -0.2) is 0 Å². The van der Waals surface area contributed by atoms with Crippen LogP contribution in [0, 0.1) is 19.8 Å². The number of rotatable bonds is 8. The predicted octanol–water partition coefficient (Wildman–Crippen LogP) is 5.57. The molecule has 0 radical (unpaired) electrons. The Kier molecular flexibility index (Phi) is 7.97. The molecule has 36 heavy (non-hydrogen) atoms. The van der Waals surface area contributed by atoms with Crippen LogP contribution in [0.2, 0.25) is 5.02 Å². The van der Waals surface area contributed by atoms with Crippen molar-refractivity contribution in [2.75, 3.05) is 23.9 Å². The van der Waals surface area contributed by atoms with Crippen molar-refractivity contribution in [3.05, 3.63) is 76.3 Å². The van der Waals surface area contributed by atoms with Crippen molar-refractivity contribution in [3.8, 4) is 0 Å². The first-order valence-electron chi connectivity index (χ1n) is 12.0. The molecule has 0 spiro atoms. The zero-order valence-corrected chi connectivity index (χ0v) is 22.8. The zero-order valence-electron chi connectivity index (χ0n) is 21.2. The van der Waals surface area contributed by atoms with Gasteiger partial charge in [-0.2, -0.15) is 0 Å². The number of hydrogen-bond acceptors (Lipinski definition) is 4. The molecule has 2 atom stereocenters. The van der Waals surface area contributed by atoms with Crippen molar-refractivity contribution in [3.63, 3.8) is 0 Å². The van der Waals surface area contributed by atoms with Gasteiger partial charge in [-0.15, -0.1) is 0 Å². The standard InChI is InChI=1S/C27H32ClN5O2S/c1-16(2)26(34)30-22-10-9-19(15-21(22)28)33-25(20-14-17(3)32(18(20)4)12-13-35-5)24(31-27(33)36)23-8-6-7-11-29-23/h6-11,14-16,24-25H,12-13H2,1-5H3,(H,30,34)(H,31,36)/t24-,25-/m0/s1. The minimum absolute atomic E-state index is 0.0837. The van der Waals surface area contributed by atoms with E-state index in [4.69, 9.17) is 28.6 Å². The minimum Gasteiger partial charge on any atom is -0.383 e. The topological polar surface area (TPSA) is 71.4 Å². The monoisotopic (exact) mass is 525 g/mol. The molecule has 1 aromatic carbocycles. The van der Waals surface area contributed by atoms with E-state index >= 15 is 0 Å². The molecule has 190 valence electrons. The Morgan fingerprint density at radius 3 is 2.67 bits per heavy atom. The first-order chi connectivity index (χ1) is 17.2. The molecule has 1 amide bonds. The van der Waals surface area contributed by atoms with Crippen molar-refractivity contribution < 1.29 is 9.53 Å². The summed E-state index contributed by atoms with van der Waals surface area (Å²) >= 11 is 12.5. The van der Waals surface area contributed by atoms with E-state index in [0.29, 0.717) is 22.4 Å². The molecule has 0 saturated carbocycles. The summed E-state index contributed by atoms with van der Waals surface area (Å²) in [5.41, 5.74) is 5.78. The molecule has 1 aliphatic rings. The quantitative estimate of drug-likeness (QED) is 0.374. The summed E-state index contributed by atoms with van der Waals surface area (Å²) in [7, 11) is 1.71. The Balaban J connectivity index is 1.78. The van der Waals surface area contributed by atoms with Gasteiger partial charge in [0, 0.05) is 42.8 Å². The second-order valence-electron chi connectivity index (χ2n) is 9.28. The number of ether oxygens (including phenoxy) is 1. The molecule has 0 aliphatic carbocycles. The third kappa shape index (κ3) is 5.12. The first kappa shape index (κ1) is 26.1. The summed E-state index contributed by atoms with van der Waals surface area (Å²) in [6.07, 6.45) is 1.80. The Morgan fingerprint density at radius 2 is 2.03 bits per heavy atom. The first-order valence-corrected chi connectivity index (χ1v) is 12.8. The maximum atomic E-state index is 12.2. The number of halogens is 1. The number of hydrogen-bond donors (Lipinski definition) is 2. The average Bonchev–Trinajstić information content (AvgIpc) is 3.34. The summed E-state index contributed by atoms with van der Waals surface area (Å²) in [4.78, 5) is 18.9. The molecule has 2 N–H and O–H groups in total. The molecule has 1 aliphatic heterocycles. The van der Waals surface area contributed by atoms with Gasteiger partial charge >= 0.3 is 0 Å². The molecule has 0 unspecified atom stereocenters. The second kappa shape index (κ2) is 11.0. The second-order valence-corrected chi connectivity index (χ2v) is 10.1. The van der Waals surface area contributed by atoms with Gasteiger partial charge in [0.2, 0.25) is 5.91 Å². The largest absolute Gasteiger partial charge is 0.383 e. The number of anilines is 2. The molecule has 1 fully saturated rings. The highest BCUT2D eigenvalue weighted by molar-refractivity contribution is 7.80. The maximum absolute atomic E-state index is 12.2. The Morgan fingerprint density at radius 1 is 1.25 bits per heavy atom. The van der Waals surface area contributed by atoms with Gasteiger partial charge in [0.15, 0.2) is 5.11 Å². The van der Waals surface area contributed by atoms with Gasteiger partial charge in [0.05, 0.1) is 35.1 Å². The molecule has 2 aromatic heterocycles. The van der Waals surface area contributed by atoms with Crippen molar-refractivity contribution in [1.29, 1.82) is 0 Å². The van der Waals surface area contributed by atoms with E-state index in [9.17, 15) is 4.79 Å². The molecule has 9 heteroatoms. The van der Waals surface area contributed by atoms with E-state index in [0.717, 1.165) is 34.9 Å². The summed E-state index contributed by atoms with van der Waals surface area (Å²) < 4.78 is 7.61. The number of aromatic nitrogens is 2. The van der Waals surface area contributed by atoms with Crippen LogP contribution in [-0.4, -0.2) is 34.3 Å². The number of amides is 1. The van der Waals surface area contributed by atoms with Gasteiger partial charge < -0.3 is 24.8 Å². The molecular weight excluding hydrogens is 494 g/mol. The number of methoxy groups -OCH3 is 1. The fourth-order valence-electron chi connectivity index (χ4n) is 4.64. The Labute approximate surface area is 222 Å². The molecular formula is C27H32ClN5O2S. The lowest BCUT2D eigenvalue weighted by Gasteiger charge is -2.28. The van der Waals surface area contributed by atoms with Crippen LogP contribution in [0.3, 0.4) is 0 Å². The molecule has 4 rings (SSSR count). The summed E-state index contributed by atoms with van der Waals surface area (Å²) in [6, 6.07) is 13.4. The number of carbonyl (C=O) groups excluding carboxylic acids is 1. The highest BCUT2D eigenvalue weighted by Crippen LogP contribution is 2.44. The fourth-order valence-corrected chi connectivity index (χ4v) is 5.20. The predicted molar refractivity (Wildman–Crippen MR) is 149 cm³/mol. The number of nitrogens with one attached hydrogen (secondary N) is 2. The minimum atomic E-state index is -0.158.